The Kier molecular flexibility index (Phi) is 7.74. The quantitative estimate of drug-likeness (QED) is 0.322. The van der Waals surface area contributed by atoms with Gasteiger partial charge in [0.1, 0.15) is 0 Å². The van der Waals surface area contributed by atoms with E-state index in [-0.39, 0.29) is 0 Å². The first-order valence-electron chi connectivity index (χ1n) is 4.59. The highest BCUT2D eigenvalue weighted by Gasteiger charge is 1.87. The van der Waals surface area contributed by atoms with Crippen molar-refractivity contribution in [1.29, 1.82) is 0 Å². The van der Waals surface area contributed by atoms with Crippen molar-refractivity contribution in [2.75, 3.05) is 6.54 Å². The van der Waals surface area contributed by atoms with E-state index in [2.05, 4.69) is 12.3 Å². The van der Waals surface area contributed by atoms with Crippen molar-refractivity contribution in [3.8, 4) is 0 Å². The van der Waals surface area contributed by atoms with Gasteiger partial charge in [-0.15, -0.1) is 0 Å². The Balaban J connectivity index is 2.86. The second-order valence-electron chi connectivity index (χ2n) is 2.87. The molecular formula is C8H17N2O2-. The van der Waals surface area contributed by atoms with Crippen LogP contribution in [-0.2, 0) is 0 Å². The molecule has 4 heteroatoms. The lowest BCUT2D eigenvalue weighted by Crippen LogP contribution is -1.93. The third-order valence-corrected chi connectivity index (χ3v) is 1.73. The summed E-state index contributed by atoms with van der Waals surface area (Å²) >= 11 is 0. The fourth-order valence-electron chi connectivity index (χ4n) is 1.04. The minimum atomic E-state index is -0.605. The standard InChI is InChI=1S/C8H17N2O2/c1-2-3-4-5-6-7-8-9-10(11)12/h2-8H2,1H3/q-1. The number of nitrogens with zero attached hydrogens (tertiary/aromatic N) is 2. The Bertz CT molecular complexity index is 118. The van der Waals surface area contributed by atoms with Crippen LogP contribution in [0.5, 0.6) is 0 Å². The lowest BCUT2D eigenvalue weighted by Gasteiger charge is -2.07. The van der Waals surface area contributed by atoms with Gasteiger partial charge >= 0.3 is 0 Å². The molecule has 12 heavy (non-hydrogen) atoms. The number of rotatable bonds is 8. The first-order chi connectivity index (χ1) is 5.77. The van der Waals surface area contributed by atoms with Crippen LogP contribution in [0.25, 0.3) is 5.43 Å². The molecule has 0 aromatic heterocycles. The Morgan fingerprint density at radius 1 is 1.17 bits per heavy atom. The SMILES string of the molecule is CCCCCCCC[N-][N+](=O)[O-]. The molecule has 0 spiro atoms. The number of unbranched alkanes of at least 4 members (excludes halogenated alkanes) is 5. The first kappa shape index (κ1) is 11.2. The summed E-state index contributed by atoms with van der Waals surface area (Å²) in [5, 5.41) is 9.17. The van der Waals surface area contributed by atoms with Crippen LogP contribution in [0, 0.1) is 10.1 Å². The van der Waals surface area contributed by atoms with Crippen molar-refractivity contribution in [2.24, 2.45) is 0 Å². The van der Waals surface area contributed by atoms with Crippen LogP contribution in [0.4, 0.5) is 0 Å². The van der Waals surface area contributed by atoms with Gasteiger partial charge in [0, 0.05) is 0 Å². The van der Waals surface area contributed by atoms with Gasteiger partial charge in [-0.2, -0.15) is 0 Å². The highest BCUT2D eigenvalue weighted by Crippen LogP contribution is 2.05. The lowest BCUT2D eigenvalue weighted by atomic mass is 10.1. The lowest BCUT2D eigenvalue weighted by molar-refractivity contribution is -0.426. The Morgan fingerprint density at radius 2 is 1.75 bits per heavy atom. The van der Waals surface area contributed by atoms with E-state index in [1.165, 1.54) is 25.7 Å². The van der Waals surface area contributed by atoms with Crippen molar-refractivity contribution in [3.05, 3.63) is 15.5 Å². The van der Waals surface area contributed by atoms with Gasteiger partial charge in [-0.1, -0.05) is 52.0 Å². The van der Waals surface area contributed by atoms with Gasteiger partial charge in [0.05, 0.1) is 0 Å². The highest BCUT2D eigenvalue weighted by molar-refractivity contribution is 4.60. The summed E-state index contributed by atoms with van der Waals surface area (Å²) in [6, 6.07) is 0. The molecule has 0 radical (unpaired) electrons. The zero-order chi connectivity index (χ0) is 9.23. The molecule has 0 aromatic rings. The summed E-state index contributed by atoms with van der Waals surface area (Å²) in [5.41, 5.74) is 3.16. The molecule has 0 aliphatic heterocycles. The topological polar surface area (TPSA) is 57.2 Å². The average Bonchev–Trinajstić information content (AvgIpc) is 2.02. The molecule has 0 amide bonds. The second kappa shape index (κ2) is 8.30. The summed E-state index contributed by atoms with van der Waals surface area (Å²) in [6.45, 7) is 2.54. The molecule has 0 atom stereocenters. The summed E-state index contributed by atoms with van der Waals surface area (Å²) in [4.78, 5) is 9.77. The van der Waals surface area contributed by atoms with Gasteiger partial charge in [0.25, 0.3) is 0 Å². The molecule has 0 aliphatic carbocycles. The largest absolute Gasteiger partial charge is 0.379 e. The third-order valence-electron chi connectivity index (χ3n) is 1.73. The summed E-state index contributed by atoms with van der Waals surface area (Å²) in [6.07, 6.45) is 6.85. The normalized spacial score (nSPS) is 9.75. The molecule has 0 rings (SSSR count). The average molecular weight is 173 g/mol. The maximum absolute atomic E-state index is 9.77. The van der Waals surface area contributed by atoms with Gasteiger partial charge in [-0.3, -0.25) is 10.1 Å². The monoisotopic (exact) mass is 173 g/mol. The molecule has 0 aliphatic rings. The molecule has 0 N–H and O–H groups in total. The molecule has 0 saturated carbocycles. The second-order valence-corrected chi connectivity index (χ2v) is 2.87. The van der Waals surface area contributed by atoms with Gasteiger partial charge in [0.15, 0.2) is 0 Å². The van der Waals surface area contributed by atoms with Crippen LogP contribution >= 0.6 is 0 Å². The van der Waals surface area contributed by atoms with E-state index in [1.807, 2.05) is 0 Å². The molecule has 4 nitrogen and oxygen atoms in total. The van der Waals surface area contributed by atoms with E-state index in [9.17, 15) is 10.1 Å². The fraction of sp³-hybridized carbons (Fsp3) is 1.00. The van der Waals surface area contributed by atoms with E-state index in [1.54, 1.807) is 0 Å². The van der Waals surface area contributed by atoms with Crippen LogP contribution in [-0.4, -0.2) is 11.6 Å². The maximum Gasteiger partial charge on any atom is -0.0127 e. The molecule has 72 valence electrons. The zero-order valence-corrected chi connectivity index (χ0v) is 7.66. The summed E-state index contributed by atoms with van der Waals surface area (Å²) in [5.74, 6) is 0. The number of nitro groups is 1. The van der Waals surface area contributed by atoms with Crippen molar-refractivity contribution in [2.45, 2.75) is 45.4 Å². The van der Waals surface area contributed by atoms with Crippen LogP contribution in [0.15, 0.2) is 0 Å². The van der Waals surface area contributed by atoms with Crippen molar-refractivity contribution in [3.63, 3.8) is 0 Å². The number of hydrogen-bond donors (Lipinski definition) is 0. The highest BCUT2D eigenvalue weighted by atomic mass is 16.7. The van der Waals surface area contributed by atoms with Crippen molar-refractivity contribution < 1.29 is 5.03 Å². The van der Waals surface area contributed by atoms with E-state index >= 15 is 0 Å². The van der Waals surface area contributed by atoms with Gasteiger partial charge in [0.2, 0.25) is 0 Å². The predicted octanol–water partition coefficient (Wildman–Crippen LogP) is 2.91. The molecule has 0 heterocycles. The minimum Gasteiger partial charge on any atom is -0.379 e. The fourth-order valence-corrected chi connectivity index (χ4v) is 1.04. The van der Waals surface area contributed by atoms with E-state index in [0.29, 0.717) is 6.54 Å². The smallest absolute Gasteiger partial charge is 0.0127 e. The Hall–Kier alpha value is -0.800. The van der Waals surface area contributed by atoms with Crippen LogP contribution in [0.1, 0.15) is 45.4 Å². The molecule has 0 aromatic carbocycles. The van der Waals surface area contributed by atoms with Crippen molar-refractivity contribution >= 4 is 0 Å². The first-order valence-corrected chi connectivity index (χ1v) is 4.59. The Labute approximate surface area is 73.5 Å². The van der Waals surface area contributed by atoms with E-state index in [0.717, 1.165) is 12.8 Å². The summed E-state index contributed by atoms with van der Waals surface area (Å²) in [7, 11) is 0. The minimum absolute atomic E-state index is 0.374. The number of hydrogen-bond acceptors (Lipinski definition) is 2. The van der Waals surface area contributed by atoms with Crippen LogP contribution in [0.2, 0.25) is 0 Å². The molecule has 0 unspecified atom stereocenters. The molecule has 0 saturated heterocycles. The molecular weight excluding hydrogens is 156 g/mol. The maximum atomic E-state index is 9.77. The summed E-state index contributed by atoms with van der Waals surface area (Å²) < 4.78 is 0. The third kappa shape index (κ3) is 9.20. The predicted molar refractivity (Wildman–Crippen MR) is 48.6 cm³/mol. The molecule has 0 fully saturated rings. The van der Waals surface area contributed by atoms with Gasteiger partial charge in [-0.25, -0.2) is 0 Å². The molecule has 0 bridgehead atoms. The van der Waals surface area contributed by atoms with E-state index < -0.39 is 5.03 Å². The van der Waals surface area contributed by atoms with Gasteiger partial charge in [-0.05, 0) is 5.03 Å². The van der Waals surface area contributed by atoms with E-state index in [4.69, 9.17) is 0 Å². The van der Waals surface area contributed by atoms with Crippen LogP contribution in [0.3, 0.4) is 0 Å². The zero-order valence-electron chi connectivity index (χ0n) is 7.66. The van der Waals surface area contributed by atoms with Crippen molar-refractivity contribution in [1.82, 2.24) is 0 Å². The van der Waals surface area contributed by atoms with Crippen LogP contribution < -0.4 is 0 Å². The Morgan fingerprint density at radius 3 is 2.33 bits per heavy atom. The van der Waals surface area contributed by atoms with Gasteiger partial charge < -0.3 is 5.43 Å².